The highest BCUT2D eigenvalue weighted by molar-refractivity contribution is 7.07. The smallest absolute Gasteiger partial charge is 0.254 e. The number of aryl methyl sites for hydroxylation is 2. The van der Waals surface area contributed by atoms with Crippen LogP contribution < -0.4 is 0 Å². The molecule has 2 bridgehead atoms. The molecule has 0 radical (unpaired) electrons. The van der Waals surface area contributed by atoms with Crippen LogP contribution in [0, 0.1) is 19.8 Å². The third kappa shape index (κ3) is 3.62. The van der Waals surface area contributed by atoms with Crippen LogP contribution in [0.2, 0.25) is 0 Å². The zero-order chi connectivity index (χ0) is 17.4. The number of carbonyl (C=O) groups is 1. The van der Waals surface area contributed by atoms with Crippen LogP contribution in [-0.4, -0.2) is 46.4 Å². The molecule has 1 aromatic carbocycles. The number of piperidine rings is 1. The van der Waals surface area contributed by atoms with Crippen molar-refractivity contribution in [1.29, 1.82) is 0 Å². The highest BCUT2D eigenvalue weighted by Gasteiger charge is 2.37. The highest BCUT2D eigenvalue weighted by atomic mass is 32.1. The van der Waals surface area contributed by atoms with E-state index < -0.39 is 0 Å². The number of nitrogens with zero attached hydrogens (tertiary/aromatic N) is 3. The van der Waals surface area contributed by atoms with Gasteiger partial charge in [-0.2, -0.15) is 0 Å². The van der Waals surface area contributed by atoms with Crippen molar-refractivity contribution in [3.8, 4) is 0 Å². The Morgan fingerprint density at radius 2 is 1.96 bits per heavy atom. The fraction of sp³-hybridized carbons (Fsp3) is 0.500. The van der Waals surface area contributed by atoms with Crippen LogP contribution in [0.15, 0.2) is 29.1 Å². The van der Waals surface area contributed by atoms with E-state index in [4.69, 9.17) is 0 Å². The first-order valence-corrected chi connectivity index (χ1v) is 10.0. The lowest BCUT2D eigenvalue weighted by atomic mass is 9.94. The van der Waals surface area contributed by atoms with Gasteiger partial charge in [0.1, 0.15) is 0 Å². The number of thiazole rings is 1. The Balaban J connectivity index is 1.52. The fourth-order valence-corrected chi connectivity index (χ4v) is 4.92. The molecule has 1 aromatic heterocycles. The first-order valence-electron chi connectivity index (χ1n) is 9.07. The van der Waals surface area contributed by atoms with E-state index in [1.165, 1.54) is 6.42 Å². The molecule has 3 aliphatic heterocycles. The molecule has 0 spiro atoms. The van der Waals surface area contributed by atoms with Gasteiger partial charge >= 0.3 is 0 Å². The standard InChI is InChI=1S/C20H25N3OS/c1-14-5-15(2)7-17(6-14)20(24)23-9-16-3-4-19(23)11-22(8-16)10-18-12-25-13-21-18/h5-7,12-13,16,19H,3-4,8-11H2,1-2H3/t16-,19+/m1/s1. The molecule has 132 valence electrons. The average Bonchev–Trinajstić information content (AvgIpc) is 2.92. The normalized spacial score (nSPS) is 23.7. The van der Waals surface area contributed by atoms with Crippen molar-refractivity contribution in [1.82, 2.24) is 14.8 Å². The monoisotopic (exact) mass is 355 g/mol. The molecular formula is C20H25N3OS. The van der Waals surface area contributed by atoms with Gasteiger partial charge in [-0.15, -0.1) is 11.3 Å². The number of hydrogen-bond acceptors (Lipinski definition) is 4. The summed E-state index contributed by atoms with van der Waals surface area (Å²) < 4.78 is 0. The van der Waals surface area contributed by atoms with Crippen molar-refractivity contribution < 1.29 is 4.79 Å². The molecule has 3 aliphatic rings. The highest BCUT2D eigenvalue weighted by Crippen LogP contribution is 2.30. The second kappa shape index (κ2) is 6.89. The largest absolute Gasteiger partial charge is 0.334 e. The third-order valence-electron chi connectivity index (χ3n) is 5.39. The molecule has 5 heteroatoms. The lowest BCUT2D eigenvalue weighted by molar-refractivity contribution is 0.0584. The number of amides is 1. The van der Waals surface area contributed by atoms with Gasteiger partial charge in [-0.1, -0.05) is 17.2 Å². The second-order valence-corrected chi connectivity index (χ2v) is 8.32. The molecule has 4 heterocycles. The molecule has 2 atom stereocenters. The molecule has 3 fully saturated rings. The van der Waals surface area contributed by atoms with Crippen molar-refractivity contribution >= 4 is 17.2 Å². The van der Waals surface area contributed by atoms with Gasteiger partial charge in [0.2, 0.25) is 0 Å². The molecule has 0 unspecified atom stereocenters. The number of aromatic nitrogens is 1. The van der Waals surface area contributed by atoms with Gasteiger partial charge in [0.25, 0.3) is 5.91 Å². The van der Waals surface area contributed by atoms with Crippen LogP contribution >= 0.6 is 11.3 Å². The van der Waals surface area contributed by atoms with Gasteiger partial charge < -0.3 is 4.90 Å². The van der Waals surface area contributed by atoms with Crippen molar-refractivity contribution in [2.45, 2.75) is 39.3 Å². The summed E-state index contributed by atoms with van der Waals surface area (Å²) in [6.45, 7) is 7.96. The molecule has 25 heavy (non-hydrogen) atoms. The van der Waals surface area contributed by atoms with Crippen molar-refractivity contribution in [3.63, 3.8) is 0 Å². The summed E-state index contributed by atoms with van der Waals surface area (Å²) in [6.07, 6.45) is 2.35. The summed E-state index contributed by atoms with van der Waals surface area (Å²) in [4.78, 5) is 22.2. The molecule has 3 saturated heterocycles. The van der Waals surface area contributed by atoms with Crippen LogP contribution in [0.1, 0.15) is 40.0 Å². The summed E-state index contributed by atoms with van der Waals surface area (Å²) >= 11 is 1.65. The van der Waals surface area contributed by atoms with E-state index in [1.54, 1.807) is 11.3 Å². The average molecular weight is 356 g/mol. The Hall–Kier alpha value is -1.72. The van der Waals surface area contributed by atoms with E-state index >= 15 is 0 Å². The molecule has 0 N–H and O–H groups in total. The third-order valence-corrected chi connectivity index (χ3v) is 6.02. The van der Waals surface area contributed by atoms with Gasteiger partial charge in [-0.05, 0) is 44.7 Å². The predicted molar refractivity (Wildman–Crippen MR) is 101 cm³/mol. The minimum Gasteiger partial charge on any atom is -0.334 e. The zero-order valence-corrected chi connectivity index (χ0v) is 15.8. The van der Waals surface area contributed by atoms with Gasteiger partial charge in [0, 0.05) is 43.2 Å². The number of hydrogen-bond donors (Lipinski definition) is 0. The van der Waals surface area contributed by atoms with Crippen LogP contribution in [0.5, 0.6) is 0 Å². The van der Waals surface area contributed by atoms with E-state index in [1.807, 2.05) is 17.6 Å². The van der Waals surface area contributed by atoms with Crippen LogP contribution in [-0.2, 0) is 6.54 Å². The fourth-order valence-electron chi connectivity index (χ4n) is 4.37. The zero-order valence-electron chi connectivity index (χ0n) is 14.9. The van der Waals surface area contributed by atoms with E-state index in [0.717, 1.165) is 55.0 Å². The Bertz CT molecular complexity index is 738. The molecule has 0 saturated carbocycles. The predicted octanol–water partition coefficient (Wildman–Crippen LogP) is 3.50. The Labute approximate surface area is 153 Å². The number of rotatable bonds is 3. The van der Waals surface area contributed by atoms with Gasteiger partial charge in [0.05, 0.1) is 11.2 Å². The minimum absolute atomic E-state index is 0.206. The summed E-state index contributed by atoms with van der Waals surface area (Å²) in [5.41, 5.74) is 6.22. The Kier molecular flexibility index (Phi) is 4.61. The van der Waals surface area contributed by atoms with E-state index in [2.05, 4.69) is 40.1 Å². The summed E-state index contributed by atoms with van der Waals surface area (Å²) in [6, 6.07) is 6.51. The quantitative estimate of drug-likeness (QED) is 0.845. The summed E-state index contributed by atoms with van der Waals surface area (Å²) in [5, 5.41) is 2.13. The lowest BCUT2D eigenvalue weighted by Gasteiger charge is -2.36. The van der Waals surface area contributed by atoms with Crippen molar-refractivity contribution in [2.75, 3.05) is 19.6 Å². The molecular weight excluding hydrogens is 330 g/mol. The number of fused-ring (bicyclic) bond motifs is 4. The SMILES string of the molecule is Cc1cc(C)cc(C(=O)N2C[C@@H]3CC[C@H]2CN(Cc2cscn2)C3)c1. The first-order chi connectivity index (χ1) is 12.1. The van der Waals surface area contributed by atoms with Crippen molar-refractivity contribution in [3.05, 3.63) is 51.5 Å². The maximum atomic E-state index is 13.2. The number of benzene rings is 1. The Morgan fingerprint density at radius 1 is 1.16 bits per heavy atom. The molecule has 2 aromatic rings. The topological polar surface area (TPSA) is 36.4 Å². The van der Waals surface area contributed by atoms with Gasteiger partial charge in [-0.25, -0.2) is 4.98 Å². The summed E-state index contributed by atoms with van der Waals surface area (Å²) in [7, 11) is 0. The first kappa shape index (κ1) is 16.7. The minimum atomic E-state index is 0.206. The Morgan fingerprint density at radius 3 is 2.68 bits per heavy atom. The van der Waals surface area contributed by atoms with Crippen molar-refractivity contribution in [2.24, 2.45) is 5.92 Å². The van der Waals surface area contributed by atoms with Crippen LogP contribution in [0.3, 0.4) is 0 Å². The molecule has 4 nitrogen and oxygen atoms in total. The molecule has 5 rings (SSSR count). The van der Waals surface area contributed by atoms with E-state index in [-0.39, 0.29) is 5.91 Å². The molecule has 1 amide bonds. The molecule has 0 aliphatic carbocycles. The maximum Gasteiger partial charge on any atom is 0.254 e. The van der Waals surface area contributed by atoms with E-state index in [9.17, 15) is 4.79 Å². The van der Waals surface area contributed by atoms with Crippen LogP contribution in [0.25, 0.3) is 0 Å². The number of carbonyl (C=O) groups excluding carboxylic acids is 1. The lowest BCUT2D eigenvalue weighted by Crippen LogP contribution is -2.47. The van der Waals surface area contributed by atoms with Gasteiger partial charge in [-0.3, -0.25) is 9.69 Å². The van der Waals surface area contributed by atoms with E-state index in [0.29, 0.717) is 12.0 Å². The van der Waals surface area contributed by atoms with Gasteiger partial charge in [0.15, 0.2) is 0 Å². The summed E-state index contributed by atoms with van der Waals surface area (Å²) in [5.74, 6) is 0.782. The maximum absolute atomic E-state index is 13.2. The second-order valence-electron chi connectivity index (χ2n) is 7.60. The van der Waals surface area contributed by atoms with Crippen LogP contribution in [0.4, 0.5) is 0 Å².